The maximum atomic E-state index is 11.6. The lowest BCUT2D eigenvalue weighted by atomic mass is 10.1. The molecule has 0 unspecified atom stereocenters. The molecule has 1 rings (SSSR count). The Labute approximate surface area is 122 Å². The molecule has 0 fully saturated rings. The van der Waals surface area contributed by atoms with Gasteiger partial charge in [-0.2, -0.15) is 0 Å². The minimum absolute atomic E-state index is 0.0835. The molecule has 3 nitrogen and oxygen atoms in total. The highest BCUT2D eigenvalue weighted by Gasteiger charge is 2.36. The molecule has 0 amide bonds. The molecular formula is C16H23NO2Si. The first kappa shape index (κ1) is 16.6. The quantitative estimate of drug-likeness (QED) is 0.459. The van der Waals surface area contributed by atoms with E-state index in [2.05, 4.69) is 38.7 Å². The Morgan fingerprint density at radius 3 is 2.25 bits per heavy atom. The van der Waals surface area contributed by atoms with Crippen molar-refractivity contribution in [1.82, 2.24) is 0 Å². The molecule has 0 N–H and O–H groups in total. The van der Waals surface area contributed by atoms with Gasteiger partial charge in [-0.3, -0.25) is 4.79 Å². The fourth-order valence-corrected chi connectivity index (χ4v) is 2.39. The van der Waals surface area contributed by atoms with Crippen molar-refractivity contribution < 1.29 is 9.22 Å². The van der Waals surface area contributed by atoms with E-state index in [4.69, 9.17) is 11.0 Å². The fourth-order valence-electron chi connectivity index (χ4n) is 1.43. The van der Waals surface area contributed by atoms with Gasteiger partial charge in [0.25, 0.3) is 6.54 Å². The van der Waals surface area contributed by atoms with Gasteiger partial charge in [0.2, 0.25) is 5.78 Å². The number of ketones is 1. The highest BCUT2D eigenvalue weighted by molar-refractivity contribution is 6.74. The molecule has 0 aromatic heterocycles. The number of hydrogen-bond donors (Lipinski definition) is 0. The van der Waals surface area contributed by atoms with Crippen LogP contribution in [0.3, 0.4) is 0 Å². The normalized spacial score (nSPS) is 12.0. The summed E-state index contributed by atoms with van der Waals surface area (Å²) in [5.41, 5.74) is 1.66. The van der Waals surface area contributed by atoms with E-state index in [1.807, 2.05) is 12.1 Å². The van der Waals surface area contributed by atoms with E-state index < -0.39 is 8.32 Å². The minimum atomic E-state index is -1.74. The lowest BCUT2D eigenvalue weighted by molar-refractivity contribution is 0.101. The molecule has 0 radical (unpaired) electrons. The Hall–Kier alpha value is -1.44. The summed E-state index contributed by atoms with van der Waals surface area (Å²) in [5, 5.41) is 0.193. The summed E-state index contributed by atoms with van der Waals surface area (Å²) in [4.78, 5) is 14.7. The molecule has 1 aromatic carbocycles. The molecule has 0 spiro atoms. The summed E-state index contributed by atoms with van der Waals surface area (Å²) >= 11 is 0. The summed E-state index contributed by atoms with van der Waals surface area (Å²) < 4.78 is 6.13. The van der Waals surface area contributed by atoms with Crippen LogP contribution in [0.15, 0.2) is 24.3 Å². The molecule has 0 saturated carbocycles. The predicted molar refractivity (Wildman–Crippen MR) is 84.2 cm³/mol. The van der Waals surface area contributed by atoms with Gasteiger partial charge in [0.05, 0.1) is 6.61 Å². The topological polar surface area (TPSA) is 30.7 Å². The van der Waals surface area contributed by atoms with E-state index >= 15 is 0 Å². The molecule has 0 aliphatic carbocycles. The number of nitrogens with zero attached hydrogens (tertiary/aromatic N) is 1. The fraction of sp³-hybridized carbons (Fsp3) is 0.500. The van der Waals surface area contributed by atoms with Crippen molar-refractivity contribution in [2.24, 2.45) is 0 Å². The van der Waals surface area contributed by atoms with Crippen molar-refractivity contribution in [3.63, 3.8) is 0 Å². The van der Waals surface area contributed by atoms with Crippen molar-refractivity contribution >= 4 is 14.1 Å². The standard InChI is InChI=1S/C16H23NO2Si/c1-16(2,3)20(5,6)19-12-13-7-9-14(10-8-13)15(18)11-17-4/h7-10H,11-12H2,1-3,5-6H3. The van der Waals surface area contributed by atoms with Crippen LogP contribution in [0.4, 0.5) is 0 Å². The van der Waals surface area contributed by atoms with Crippen LogP contribution in [0, 0.1) is 6.57 Å². The van der Waals surface area contributed by atoms with Crippen molar-refractivity contribution in [3.8, 4) is 0 Å². The van der Waals surface area contributed by atoms with E-state index in [0.717, 1.165) is 5.56 Å². The van der Waals surface area contributed by atoms with Gasteiger partial charge in [0, 0.05) is 5.56 Å². The van der Waals surface area contributed by atoms with E-state index in [1.165, 1.54) is 0 Å². The first-order valence-electron chi connectivity index (χ1n) is 6.77. The number of carbonyl (C=O) groups excluding carboxylic acids is 1. The number of rotatable bonds is 5. The molecule has 0 heterocycles. The van der Waals surface area contributed by atoms with Crippen LogP contribution in [0.1, 0.15) is 36.7 Å². The summed E-state index contributed by atoms with van der Waals surface area (Å²) in [6.45, 7) is 18.3. The van der Waals surface area contributed by atoms with Gasteiger partial charge in [-0.05, 0) is 23.7 Å². The Morgan fingerprint density at radius 1 is 1.25 bits per heavy atom. The lowest BCUT2D eigenvalue weighted by Gasteiger charge is -2.36. The second-order valence-electron chi connectivity index (χ2n) is 6.49. The Morgan fingerprint density at radius 2 is 1.80 bits per heavy atom. The molecule has 0 aliphatic heterocycles. The number of benzene rings is 1. The van der Waals surface area contributed by atoms with Crippen molar-refractivity contribution in [2.45, 2.75) is 45.5 Å². The average Bonchev–Trinajstić information content (AvgIpc) is 2.36. The maximum Gasteiger partial charge on any atom is 0.276 e. The summed E-state index contributed by atoms with van der Waals surface area (Å²) in [5.74, 6) is -0.128. The van der Waals surface area contributed by atoms with E-state index in [1.54, 1.807) is 12.1 Å². The molecule has 20 heavy (non-hydrogen) atoms. The van der Waals surface area contributed by atoms with Gasteiger partial charge in [0.15, 0.2) is 8.32 Å². The summed E-state index contributed by atoms with van der Waals surface area (Å²) in [6, 6.07) is 7.37. The average molecular weight is 289 g/mol. The van der Waals surface area contributed by atoms with E-state index in [-0.39, 0.29) is 17.4 Å². The second kappa shape index (κ2) is 6.34. The zero-order chi connectivity index (χ0) is 15.4. The smallest absolute Gasteiger partial charge is 0.276 e. The predicted octanol–water partition coefficient (Wildman–Crippen LogP) is 4.31. The van der Waals surface area contributed by atoms with Gasteiger partial charge in [-0.25, -0.2) is 6.57 Å². The first-order chi connectivity index (χ1) is 9.17. The maximum absolute atomic E-state index is 11.6. The lowest BCUT2D eigenvalue weighted by Crippen LogP contribution is -2.40. The SMILES string of the molecule is [C-]#[N+]CC(=O)c1ccc(CO[Si](C)(C)C(C)(C)C)cc1. The molecule has 0 atom stereocenters. The van der Waals surface area contributed by atoms with Gasteiger partial charge in [0.1, 0.15) is 0 Å². The van der Waals surface area contributed by atoms with Crippen LogP contribution in [0.25, 0.3) is 4.85 Å². The minimum Gasteiger partial charge on any atom is -0.413 e. The first-order valence-corrected chi connectivity index (χ1v) is 9.67. The van der Waals surface area contributed by atoms with Crippen LogP contribution in [0.5, 0.6) is 0 Å². The third-order valence-electron chi connectivity index (χ3n) is 3.90. The zero-order valence-electron chi connectivity index (χ0n) is 13.0. The third-order valence-corrected chi connectivity index (χ3v) is 8.38. The highest BCUT2D eigenvalue weighted by atomic mass is 28.4. The molecule has 1 aromatic rings. The monoisotopic (exact) mass is 289 g/mol. The van der Waals surface area contributed by atoms with Crippen LogP contribution >= 0.6 is 0 Å². The zero-order valence-corrected chi connectivity index (χ0v) is 14.0. The second-order valence-corrected chi connectivity index (χ2v) is 11.3. The Kier molecular flexibility index (Phi) is 5.26. The molecule has 0 bridgehead atoms. The summed E-state index contributed by atoms with van der Waals surface area (Å²) in [7, 11) is -1.74. The van der Waals surface area contributed by atoms with Gasteiger partial charge < -0.3 is 9.27 Å². The third kappa shape index (κ3) is 4.29. The van der Waals surface area contributed by atoms with Crippen molar-refractivity contribution in [3.05, 3.63) is 46.8 Å². The number of hydrogen-bond acceptors (Lipinski definition) is 2. The van der Waals surface area contributed by atoms with Crippen molar-refractivity contribution in [1.29, 1.82) is 0 Å². The number of Topliss-reactive ketones (excluding diaryl/α,β-unsaturated/α-hetero) is 1. The number of carbonyl (C=O) groups is 1. The molecule has 4 heteroatoms. The van der Waals surface area contributed by atoms with Gasteiger partial charge in [-0.15, -0.1) is 0 Å². The Bertz CT molecular complexity index is 507. The molecule has 0 aliphatic rings. The van der Waals surface area contributed by atoms with Crippen LogP contribution in [-0.4, -0.2) is 20.6 Å². The van der Waals surface area contributed by atoms with E-state index in [9.17, 15) is 4.79 Å². The summed E-state index contributed by atoms with van der Waals surface area (Å²) in [6.07, 6.45) is 0. The largest absolute Gasteiger partial charge is 0.413 e. The van der Waals surface area contributed by atoms with Crippen LogP contribution in [-0.2, 0) is 11.0 Å². The van der Waals surface area contributed by atoms with E-state index in [0.29, 0.717) is 12.2 Å². The van der Waals surface area contributed by atoms with Crippen LogP contribution < -0.4 is 0 Å². The highest BCUT2D eigenvalue weighted by Crippen LogP contribution is 2.37. The van der Waals surface area contributed by atoms with Crippen molar-refractivity contribution in [2.75, 3.05) is 6.54 Å². The van der Waals surface area contributed by atoms with Crippen LogP contribution in [0.2, 0.25) is 18.1 Å². The molecule has 108 valence electrons. The Balaban J connectivity index is 2.68. The molecule has 0 saturated heterocycles. The molecular weight excluding hydrogens is 266 g/mol. The van der Waals surface area contributed by atoms with Gasteiger partial charge >= 0.3 is 0 Å². The van der Waals surface area contributed by atoms with Gasteiger partial charge in [-0.1, -0.05) is 45.0 Å².